The Morgan fingerprint density at radius 3 is 2.11 bits per heavy atom. The Kier molecular flexibility index (Phi) is 7.28. The highest BCUT2D eigenvalue weighted by molar-refractivity contribution is 6.34. The maximum atomic E-state index is 13.1. The second-order valence-corrected chi connectivity index (χ2v) is 14.5. The summed E-state index contributed by atoms with van der Waals surface area (Å²) < 4.78 is 13.5. The van der Waals surface area contributed by atoms with E-state index < -0.39 is 6.29 Å². The van der Waals surface area contributed by atoms with Crippen molar-refractivity contribution in [3.8, 4) is 0 Å². The lowest BCUT2D eigenvalue weighted by Crippen LogP contribution is -2.46. The monoisotopic (exact) mass is 594 g/mol. The molecule has 3 heterocycles. The van der Waals surface area contributed by atoms with Gasteiger partial charge in [0.25, 0.3) is 11.8 Å². The van der Waals surface area contributed by atoms with Crippen molar-refractivity contribution in [1.82, 2.24) is 4.90 Å². The lowest BCUT2D eigenvalue weighted by Gasteiger charge is -2.43. The minimum Gasteiger partial charge on any atom is -0.392 e. The highest BCUT2D eigenvalue weighted by atomic mass is 16.7. The number of anilines is 1. The fourth-order valence-electron chi connectivity index (χ4n) is 8.55. The van der Waals surface area contributed by atoms with Gasteiger partial charge in [0.1, 0.15) is 0 Å². The molecule has 1 N–H and O–H groups in total. The Morgan fingerprint density at radius 1 is 0.841 bits per heavy atom. The lowest BCUT2D eigenvalue weighted by molar-refractivity contribution is -0.276. The fraction of sp³-hybridized carbons (Fsp3) is 0.459. The summed E-state index contributed by atoms with van der Waals surface area (Å²) in [6.45, 7) is 11.4. The molecule has 3 aliphatic heterocycles. The van der Waals surface area contributed by atoms with Crippen LogP contribution < -0.4 is 4.90 Å². The average molecular weight is 595 g/mol. The normalized spacial score (nSPS) is 31.4. The SMILES string of the molecule is CC1C(CN2CC3(C)CC2CC(C)(C)C3)OC(c2ccc(N3C(=O)c4ccccc4C3=O)cc2)OC1c1ccc(CO)cc1. The number of fused-ring (bicyclic) bond motifs is 3. The van der Waals surface area contributed by atoms with E-state index in [1.54, 1.807) is 36.4 Å². The summed E-state index contributed by atoms with van der Waals surface area (Å²) in [6.07, 6.45) is 2.83. The lowest BCUT2D eigenvalue weighted by atomic mass is 9.65. The number of benzene rings is 3. The second kappa shape index (κ2) is 10.9. The van der Waals surface area contributed by atoms with Gasteiger partial charge in [0.15, 0.2) is 6.29 Å². The van der Waals surface area contributed by atoms with Gasteiger partial charge in [0.2, 0.25) is 0 Å². The molecule has 3 aromatic rings. The van der Waals surface area contributed by atoms with Gasteiger partial charge in [0, 0.05) is 30.6 Å². The van der Waals surface area contributed by atoms with Crippen molar-refractivity contribution in [3.05, 3.63) is 101 Å². The van der Waals surface area contributed by atoms with Gasteiger partial charge in [-0.1, -0.05) is 76.2 Å². The third kappa shape index (κ3) is 5.20. The number of likely N-dealkylation sites (tertiary alicyclic amines) is 1. The number of imide groups is 1. The molecule has 4 aliphatic rings. The number of rotatable bonds is 6. The molecule has 2 saturated heterocycles. The number of aliphatic hydroxyl groups is 1. The number of carbonyl (C=O) groups excluding carboxylic acids is 2. The van der Waals surface area contributed by atoms with E-state index >= 15 is 0 Å². The molecule has 2 bridgehead atoms. The van der Waals surface area contributed by atoms with Crippen LogP contribution in [0.4, 0.5) is 5.69 Å². The van der Waals surface area contributed by atoms with Crippen molar-refractivity contribution in [3.63, 3.8) is 0 Å². The van der Waals surface area contributed by atoms with Crippen molar-refractivity contribution in [2.45, 2.75) is 78.1 Å². The Balaban J connectivity index is 1.15. The van der Waals surface area contributed by atoms with E-state index in [9.17, 15) is 14.7 Å². The number of hydrogen-bond donors (Lipinski definition) is 1. The van der Waals surface area contributed by atoms with E-state index in [-0.39, 0.29) is 36.5 Å². The first-order valence-electron chi connectivity index (χ1n) is 15.9. The molecule has 44 heavy (non-hydrogen) atoms. The first kappa shape index (κ1) is 29.4. The summed E-state index contributed by atoms with van der Waals surface area (Å²) in [5.41, 5.74) is 4.82. The molecule has 7 nitrogen and oxygen atoms in total. The van der Waals surface area contributed by atoms with Gasteiger partial charge in [0.05, 0.1) is 35.6 Å². The Hall–Kier alpha value is -3.36. The van der Waals surface area contributed by atoms with Crippen molar-refractivity contribution in [1.29, 1.82) is 0 Å². The topological polar surface area (TPSA) is 79.3 Å². The van der Waals surface area contributed by atoms with Crippen LogP contribution in [-0.4, -0.2) is 47.1 Å². The Labute approximate surface area is 259 Å². The fourth-order valence-corrected chi connectivity index (χ4v) is 8.55. The van der Waals surface area contributed by atoms with Gasteiger partial charge in [-0.05, 0) is 65.5 Å². The van der Waals surface area contributed by atoms with E-state index in [1.807, 2.05) is 36.4 Å². The molecule has 6 unspecified atom stereocenters. The van der Waals surface area contributed by atoms with Gasteiger partial charge in [-0.15, -0.1) is 0 Å². The predicted octanol–water partition coefficient (Wildman–Crippen LogP) is 6.67. The van der Waals surface area contributed by atoms with Gasteiger partial charge in [-0.3, -0.25) is 14.5 Å². The van der Waals surface area contributed by atoms with Crippen LogP contribution in [0.2, 0.25) is 0 Å². The van der Waals surface area contributed by atoms with Crippen LogP contribution in [-0.2, 0) is 16.1 Å². The van der Waals surface area contributed by atoms with E-state index in [2.05, 4.69) is 32.6 Å². The van der Waals surface area contributed by atoms with Gasteiger partial charge >= 0.3 is 0 Å². The molecule has 6 atom stereocenters. The minimum absolute atomic E-state index is 0.000631. The second-order valence-electron chi connectivity index (χ2n) is 14.5. The molecule has 2 amide bonds. The van der Waals surface area contributed by atoms with E-state index in [0.717, 1.165) is 29.8 Å². The van der Waals surface area contributed by atoms with Crippen LogP contribution in [0.1, 0.15) is 96.8 Å². The van der Waals surface area contributed by atoms with Gasteiger partial charge < -0.3 is 14.6 Å². The molecule has 1 aliphatic carbocycles. The highest BCUT2D eigenvalue weighted by Crippen LogP contribution is 2.53. The van der Waals surface area contributed by atoms with Gasteiger partial charge in [-0.25, -0.2) is 4.90 Å². The molecular formula is C37H42N2O5. The molecule has 230 valence electrons. The molecule has 0 radical (unpaired) electrons. The zero-order chi connectivity index (χ0) is 30.8. The summed E-state index contributed by atoms with van der Waals surface area (Å²) >= 11 is 0. The molecule has 7 rings (SSSR count). The quantitative estimate of drug-likeness (QED) is 0.321. The maximum absolute atomic E-state index is 13.1. The average Bonchev–Trinajstić information content (AvgIpc) is 3.40. The number of amides is 2. The van der Waals surface area contributed by atoms with Crippen molar-refractivity contribution < 1.29 is 24.2 Å². The Morgan fingerprint density at radius 2 is 1.48 bits per heavy atom. The zero-order valence-electron chi connectivity index (χ0n) is 26.0. The number of carbonyl (C=O) groups is 2. The number of nitrogens with zero attached hydrogens (tertiary/aromatic N) is 2. The molecule has 7 heteroatoms. The first-order chi connectivity index (χ1) is 21.0. The third-order valence-electron chi connectivity index (χ3n) is 10.3. The van der Waals surface area contributed by atoms with Crippen molar-refractivity contribution >= 4 is 17.5 Å². The molecule has 0 spiro atoms. The van der Waals surface area contributed by atoms with Crippen molar-refractivity contribution in [2.24, 2.45) is 16.7 Å². The number of ether oxygens (including phenoxy) is 2. The van der Waals surface area contributed by atoms with Crippen LogP contribution >= 0.6 is 0 Å². The number of aliphatic hydroxyl groups excluding tert-OH is 1. The highest BCUT2D eigenvalue weighted by Gasteiger charge is 2.51. The first-order valence-corrected chi connectivity index (χ1v) is 15.9. The van der Waals surface area contributed by atoms with E-state index in [4.69, 9.17) is 9.47 Å². The standard InChI is InChI=1S/C37H42N2O5/c1-23-31(19-38-22-37(4)18-28(38)17-36(2,3)21-37)43-35(44-32(23)25-11-9-24(20-40)10-12-25)26-13-15-27(16-14-26)39-33(41)29-7-5-6-8-30(29)34(39)42/h5-16,23,28,31-32,35,40H,17-22H2,1-4H3. The zero-order valence-corrected chi connectivity index (χ0v) is 26.0. The summed E-state index contributed by atoms with van der Waals surface area (Å²) in [4.78, 5) is 30.0. The summed E-state index contributed by atoms with van der Waals surface area (Å²) in [6, 6.07) is 22.9. The predicted molar refractivity (Wildman–Crippen MR) is 168 cm³/mol. The summed E-state index contributed by atoms with van der Waals surface area (Å²) in [5.74, 6) is -0.516. The maximum Gasteiger partial charge on any atom is 0.266 e. The number of hydrogen-bond acceptors (Lipinski definition) is 6. The van der Waals surface area contributed by atoms with Crippen LogP contribution in [0.5, 0.6) is 0 Å². The smallest absolute Gasteiger partial charge is 0.266 e. The van der Waals surface area contributed by atoms with E-state index in [1.165, 1.54) is 24.2 Å². The van der Waals surface area contributed by atoms with Gasteiger partial charge in [-0.2, -0.15) is 0 Å². The molecule has 3 fully saturated rings. The summed E-state index contributed by atoms with van der Waals surface area (Å²) in [7, 11) is 0. The molecule has 0 aromatic heterocycles. The van der Waals surface area contributed by atoms with Crippen LogP contribution in [0.25, 0.3) is 0 Å². The largest absolute Gasteiger partial charge is 0.392 e. The molecule has 1 saturated carbocycles. The summed E-state index contributed by atoms with van der Waals surface area (Å²) in [5, 5.41) is 9.60. The van der Waals surface area contributed by atoms with Crippen LogP contribution in [0.15, 0.2) is 72.8 Å². The van der Waals surface area contributed by atoms with Crippen molar-refractivity contribution in [2.75, 3.05) is 18.0 Å². The van der Waals surface area contributed by atoms with E-state index in [0.29, 0.717) is 33.7 Å². The molecular weight excluding hydrogens is 552 g/mol. The molecule has 3 aromatic carbocycles. The van der Waals surface area contributed by atoms with Crippen LogP contribution in [0.3, 0.4) is 0 Å². The Bertz CT molecular complexity index is 1530. The minimum atomic E-state index is -0.607. The third-order valence-corrected chi connectivity index (χ3v) is 10.3. The van der Waals surface area contributed by atoms with Crippen LogP contribution in [0, 0.1) is 16.7 Å².